The van der Waals surface area contributed by atoms with Crippen LogP contribution >= 0.6 is 7.92 Å². The van der Waals surface area contributed by atoms with Crippen LogP contribution in [0.3, 0.4) is 0 Å². The summed E-state index contributed by atoms with van der Waals surface area (Å²) in [6.07, 6.45) is 0. The predicted octanol–water partition coefficient (Wildman–Crippen LogP) is 8.06. The van der Waals surface area contributed by atoms with Crippen LogP contribution in [0, 0.1) is 0 Å². The lowest BCUT2D eigenvalue weighted by atomic mass is 10.0. The number of benzene rings is 7. The summed E-state index contributed by atoms with van der Waals surface area (Å²) in [5.74, 6) is 0. The van der Waals surface area contributed by atoms with Gasteiger partial charge in [0.25, 0.3) is 0 Å². The Balaban J connectivity index is 1.70. The van der Waals surface area contributed by atoms with Crippen LogP contribution in [0.5, 0.6) is 0 Å². The molecule has 0 bridgehead atoms. The van der Waals surface area contributed by atoms with Crippen LogP contribution in [0.15, 0.2) is 140 Å². The van der Waals surface area contributed by atoms with Crippen molar-refractivity contribution in [1.82, 2.24) is 0 Å². The van der Waals surface area contributed by atoms with Crippen LogP contribution in [0.1, 0.15) is 0 Å². The van der Waals surface area contributed by atoms with Crippen molar-refractivity contribution in [3.63, 3.8) is 0 Å². The van der Waals surface area contributed by atoms with Crippen LogP contribution < -0.4 is 15.9 Å². The first-order valence-electron chi connectivity index (χ1n) is 12.0. The SMILES string of the molecule is c1ccc2c(P(c3cccc4ccccc34)c3c4ccccc4cc4ccccc34)cccc2c1. The molecule has 0 aliphatic heterocycles. The van der Waals surface area contributed by atoms with E-state index in [1.165, 1.54) is 59.0 Å². The van der Waals surface area contributed by atoms with E-state index in [0.29, 0.717) is 0 Å². The summed E-state index contributed by atoms with van der Waals surface area (Å²) in [6.45, 7) is 0. The number of fused-ring (bicyclic) bond motifs is 4. The first-order valence-corrected chi connectivity index (χ1v) is 13.4. The summed E-state index contributed by atoms with van der Waals surface area (Å²) < 4.78 is 0. The Kier molecular flexibility index (Phi) is 4.86. The van der Waals surface area contributed by atoms with Crippen LogP contribution in [-0.2, 0) is 0 Å². The molecule has 0 N–H and O–H groups in total. The molecule has 7 aromatic rings. The highest BCUT2D eigenvalue weighted by Gasteiger charge is 2.24. The van der Waals surface area contributed by atoms with Crippen molar-refractivity contribution >= 4 is 66.9 Å². The first kappa shape index (κ1) is 20.4. The van der Waals surface area contributed by atoms with E-state index in [4.69, 9.17) is 0 Å². The molecule has 0 amide bonds. The molecule has 0 nitrogen and oxygen atoms in total. The molecule has 7 aromatic carbocycles. The zero-order valence-electron chi connectivity index (χ0n) is 19.2. The van der Waals surface area contributed by atoms with Gasteiger partial charge < -0.3 is 0 Å². The Hall–Kier alpha value is -3.99. The summed E-state index contributed by atoms with van der Waals surface area (Å²) in [5, 5.41) is 14.8. The second kappa shape index (κ2) is 8.35. The van der Waals surface area contributed by atoms with Crippen LogP contribution in [-0.4, -0.2) is 0 Å². The fourth-order valence-corrected chi connectivity index (χ4v) is 8.40. The third-order valence-electron chi connectivity index (χ3n) is 6.98. The highest BCUT2D eigenvalue weighted by atomic mass is 31.1. The Bertz CT molecular complexity index is 1720. The lowest BCUT2D eigenvalue weighted by Gasteiger charge is -2.26. The molecule has 164 valence electrons. The van der Waals surface area contributed by atoms with Crippen molar-refractivity contribution in [1.29, 1.82) is 0 Å². The van der Waals surface area contributed by atoms with E-state index in [2.05, 4.69) is 140 Å². The Labute approximate surface area is 206 Å². The van der Waals surface area contributed by atoms with Crippen LogP contribution in [0.4, 0.5) is 0 Å². The smallest absolute Gasteiger partial charge is 0.000634 e. The molecule has 1 heteroatoms. The van der Waals surface area contributed by atoms with Gasteiger partial charge in [0.15, 0.2) is 0 Å². The lowest BCUT2D eigenvalue weighted by Crippen LogP contribution is -2.23. The van der Waals surface area contributed by atoms with Gasteiger partial charge in [-0.15, -0.1) is 0 Å². The largest absolute Gasteiger partial charge is 0.0616 e. The third kappa shape index (κ3) is 3.34. The van der Waals surface area contributed by atoms with Crippen molar-refractivity contribution < 1.29 is 0 Å². The maximum absolute atomic E-state index is 2.35. The maximum Gasteiger partial charge on any atom is 0.000634 e. The third-order valence-corrected chi connectivity index (χ3v) is 9.65. The Morgan fingerprint density at radius 2 is 0.686 bits per heavy atom. The molecule has 0 heterocycles. The van der Waals surface area contributed by atoms with Crippen molar-refractivity contribution in [2.45, 2.75) is 0 Å². The zero-order chi connectivity index (χ0) is 23.2. The van der Waals surface area contributed by atoms with Gasteiger partial charge in [0.1, 0.15) is 0 Å². The summed E-state index contributed by atoms with van der Waals surface area (Å²) in [4.78, 5) is 0. The lowest BCUT2D eigenvalue weighted by molar-refractivity contribution is 1.76. The molecule has 7 rings (SSSR count). The fraction of sp³-hybridized carbons (Fsp3) is 0. The topological polar surface area (TPSA) is 0 Å². The molecule has 35 heavy (non-hydrogen) atoms. The maximum atomic E-state index is 2.35. The van der Waals surface area contributed by atoms with Crippen molar-refractivity contribution in [2.24, 2.45) is 0 Å². The summed E-state index contributed by atoms with van der Waals surface area (Å²) >= 11 is 0. The average Bonchev–Trinajstić information content (AvgIpc) is 2.93. The minimum absolute atomic E-state index is 0.845. The van der Waals surface area contributed by atoms with E-state index < -0.39 is 7.92 Å². The molecule has 0 saturated carbocycles. The van der Waals surface area contributed by atoms with Gasteiger partial charge in [0, 0.05) is 5.30 Å². The molecule has 0 aromatic heterocycles. The summed E-state index contributed by atoms with van der Waals surface area (Å²) in [7, 11) is -0.845. The van der Waals surface area contributed by atoms with Crippen LogP contribution in [0.25, 0.3) is 43.1 Å². The van der Waals surface area contributed by atoms with E-state index in [0.717, 1.165) is 0 Å². The van der Waals surface area contributed by atoms with Gasteiger partial charge in [-0.1, -0.05) is 133 Å². The van der Waals surface area contributed by atoms with Gasteiger partial charge in [-0.2, -0.15) is 0 Å². The van der Waals surface area contributed by atoms with Gasteiger partial charge in [0.05, 0.1) is 0 Å². The highest BCUT2D eigenvalue weighted by molar-refractivity contribution is 7.81. The van der Waals surface area contributed by atoms with Gasteiger partial charge in [0.2, 0.25) is 0 Å². The van der Waals surface area contributed by atoms with Crippen LogP contribution in [0.2, 0.25) is 0 Å². The summed E-state index contributed by atoms with van der Waals surface area (Å²) in [6, 6.07) is 51.4. The molecular weight excluding hydrogens is 439 g/mol. The van der Waals surface area contributed by atoms with E-state index in [9.17, 15) is 0 Å². The first-order chi connectivity index (χ1) is 17.4. The molecule has 0 saturated heterocycles. The minimum Gasteiger partial charge on any atom is -0.0616 e. The zero-order valence-corrected chi connectivity index (χ0v) is 20.1. The van der Waals surface area contributed by atoms with Gasteiger partial charge in [-0.25, -0.2) is 0 Å². The highest BCUT2D eigenvalue weighted by Crippen LogP contribution is 2.42. The molecule has 0 spiro atoms. The standard InChI is InChI=1S/C34H23P/c1-5-17-28-24(11-1)15-9-21-32(28)35(33-22-10-16-25-12-2-6-18-29(25)33)34-30-19-7-3-13-26(30)23-27-14-4-8-20-31(27)34/h1-23H. The van der Waals surface area contributed by atoms with E-state index >= 15 is 0 Å². The molecular formula is C34H23P. The molecule has 0 aliphatic carbocycles. The Morgan fingerprint density at radius 1 is 0.314 bits per heavy atom. The Morgan fingerprint density at radius 3 is 1.17 bits per heavy atom. The summed E-state index contributed by atoms with van der Waals surface area (Å²) in [5.41, 5.74) is 0. The minimum atomic E-state index is -0.845. The number of hydrogen-bond acceptors (Lipinski definition) is 0. The monoisotopic (exact) mass is 462 g/mol. The predicted molar refractivity (Wildman–Crippen MR) is 155 cm³/mol. The van der Waals surface area contributed by atoms with Gasteiger partial charge >= 0.3 is 0 Å². The number of hydrogen-bond donors (Lipinski definition) is 0. The van der Waals surface area contributed by atoms with E-state index in [1.807, 2.05) is 0 Å². The fourth-order valence-electron chi connectivity index (χ4n) is 5.41. The van der Waals surface area contributed by atoms with Crippen molar-refractivity contribution in [3.05, 3.63) is 140 Å². The number of rotatable bonds is 3. The van der Waals surface area contributed by atoms with Gasteiger partial charge in [-0.05, 0) is 67.7 Å². The molecule has 0 fully saturated rings. The van der Waals surface area contributed by atoms with E-state index in [1.54, 1.807) is 0 Å². The molecule has 0 unspecified atom stereocenters. The normalized spacial score (nSPS) is 11.7. The second-order valence-electron chi connectivity index (χ2n) is 9.00. The van der Waals surface area contributed by atoms with E-state index in [-0.39, 0.29) is 0 Å². The quantitative estimate of drug-likeness (QED) is 0.184. The molecule has 0 aliphatic rings. The molecule has 0 atom stereocenters. The molecule has 0 radical (unpaired) electrons. The average molecular weight is 463 g/mol. The van der Waals surface area contributed by atoms with Gasteiger partial charge in [-0.3, -0.25) is 0 Å². The van der Waals surface area contributed by atoms with Crippen molar-refractivity contribution in [3.8, 4) is 0 Å². The second-order valence-corrected chi connectivity index (χ2v) is 11.1. The van der Waals surface area contributed by atoms with Crippen molar-refractivity contribution in [2.75, 3.05) is 0 Å².